The molecule has 0 saturated carbocycles. The number of aryl methyl sites for hydroxylation is 1. The normalized spacial score (nSPS) is 24.2. The molecule has 0 aliphatic carbocycles. The number of carbonyl (C=O) groups is 1. The van der Waals surface area contributed by atoms with E-state index < -0.39 is 5.60 Å². The predicted molar refractivity (Wildman–Crippen MR) is 79.3 cm³/mol. The van der Waals surface area contributed by atoms with Gasteiger partial charge in [-0.1, -0.05) is 31.2 Å². The van der Waals surface area contributed by atoms with E-state index in [2.05, 4.69) is 24.4 Å². The molecule has 1 aromatic carbocycles. The van der Waals surface area contributed by atoms with Crippen molar-refractivity contribution in [2.75, 3.05) is 11.5 Å². The maximum Gasteiger partial charge on any atom is 0.253 e. The fraction of sp³-hybridized carbons (Fsp3) is 0.533. The van der Waals surface area contributed by atoms with Crippen LogP contribution < -0.4 is 5.32 Å². The molecule has 2 atom stereocenters. The van der Waals surface area contributed by atoms with Crippen LogP contribution in [0.3, 0.4) is 0 Å². The summed E-state index contributed by atoms with van der Waals surface area (Å²) in [5, 5.41) is 13.1. The number of thioether (sulfide) groups is 1. The van der Waals surface area contributed by atoms with Gasteiger partial charge in [0.25, 0.3) is 5.91 Å². The fourth-order valence-corrected chi connectivity index (χ4v) is 3.43. The molecule has 1 aliphatic rings. The van der Waals surface area contributed by atoms with Gasteiger partial charge < -0.3 is 10.4 Å². The summed E-state index contributed by atoms with van der Waals surface area (Å²) in [6, 6.07) is 8.16. The smallest absolute Gasteiger partial charge is 0.253 e. The van der Waals surface area contributed by atoms with Crippen molar-refractivity contribution in [1.29, 1.82) is 0 Å². The van der Waals surface area contributed by atoms with Crippen LogP contribution in [0.5, 0.6) is 0 Å². The Hall–Kier alpha value is -1.00. The molecule has 1 saturated heterocycles. The Morgan fingerprint density at radius 1 is 1.47 bits per heavy atom. The fourth-order valence-electron chi connectivity index (χ4n) is 2.19. The van der Waals surface area contributed by atoms with Crippen LogP contribution in [0.15, 0.2) is 24.3 Å². The van der Waals surface area contributed by atoms with Crippen LogP contribution in [0.25, 0.3) is 0 Å². The van der Waals surface area contributed by atoms with Crippen molar-refractivity contribution < 1.29 is 9.90 Å². The Morgan fingerprint density at radius 3 is 2.68 bits per heavy atom. The zero-order valence-corrected chi connectivity index (χ0v) is 12.3. The van der Waals surface area contributed by atoms with E-state index in [0.29, 0.717) is 12.2 Å². The molecule has 0 bridgehead atoms. The van der Waals surface area contributed by atoms with Crippen LogP contribution in [0.4, 0.5) is 0 Å². The molecule has 1 fully saturated rings. The first-order valence-corrected chi connectivity index (χ1v) is 7.90. The van der Waals surface area contributed by atoms with Crippen molar-refractivity contribution in [3.63, 3.8) is 0 Å². The highest BCUT2D eigenvalue weighted by atomic mass is 32.2. The third kappa shape index (κ3) is 3.31. The quantitative estimate of drug-likeness (QED) is 0.889. The van der Waals surface area contributed by atoms with Gasteiger partial charge in [0.05, 0.1) is 6.04 Å². The molecule has 104 valence electrons. The molecule has 4 heteroatoms. The Kier molecular flexibility index (Phi) is 4.53. The number of rotatable bonds is 4. The molecule has 1 heterocycles. The highest BCUT2D eigenvalue weighted by molar-refractivity contribution is 7.99. The second-order valence-corrected chi connectivity index (χ2v) is 6.23. The van der Waals surface area contributed by atoms with E-state index in [1.165, 1.54) is 5.56 Å². The van der Waals surface area contributed by atoms with Crippen LogP contribution >= 0.6 is 11.8 Å². The predicted octanol–water partition coefficient (Wildman–Crippen LogP) is 2.29. The molecule has 2 rings (SSSR count). The number of aliphatic hydroxyl groups is 1. The number of hydrogen-bond acceptors (Lipinski definition) is 3. The first-order chi connectivity index (χ1) is 9.05. The van der Waals surface area contributed by atoms with Crippen molar-refractivity contribution in [3.05, 3.63) is 35.4 Å². The minimum Gasteiger partial charge on any atom is -0.379 e. The van der Waals surface area contributed by atoms with Crippen molar-refractivity contribution in [2.24, 2.45) is 0 Å². The van der Waals surface area contributed by atoms with E-state index in [1.54, 1.807) is 11.8 Å². The summed E-state index contributed by atoms with van der Waals surface area (Å²) < 4.78 is 0. The van der Waals surface area contributed by atoms with Gasteiger partial charge in [0, 0.05) is 5.75 Å². The lowest BCUT2D eigenvalue weighted by molar-refractivity contribution is -0.137. The van der Waals surface area contributed by atoms with E-state index in [1.807, 2.05) is 19.1 Å². The maximum atomic E-state index is 12.1. The Bertz CT molecular complexity index is 438. The van der Waals surface area contributed by atoms with Gasteiger partial charge in [-0.25, -0.2) is 0 Å². The minimum absolute atomic E-state index is 0.0759. The van der Waals surface area contributed by atoms with Gasteiger partial charge in [0.15, 0.2) is 5.60 Å². The molecule has 0 radical (unpaired) electrons. The van der Waals surface area contributed by atoms with E-state index >= 15 is 0 Å². The van der Waals surface area contributed by atoms with E-state index in [0.717, 1.165) is 17.7 Å². The molecular weight excluding hydrogens is 258 g/mol. The second kappa shape index (κ2) is 5.97. The van der Waals surface area contributed by atoms with Gasteiger partial charge in [0.1, 0.15) is 0 Å². The lowest BCUT2D eigenvalue weighted by Crippen LogP contribution is -2.47. The largest absolute Gasteiger partial charge is 0.379 e. The first kappa shape index (κ1) is 14.4. The van der Waals surface area contributed by atoms with Gasteiger partial charge >= 0.3 is 0 Å². The molecule has 2 unspecified atom stereocenters. The molecule has 1 aromatic rings. The minimum atomic E-state index is -1.18. The van der Waals surface area contributed by atoms with Crippen LogP contribution in [0.1, 0.15) is 37.4 Å². The van der Waals surface area contributed by atoms with E-state index in [4.69, 9.17) is 0 Å². The van der Waals surface area contributed by atoms with Crippen molar-refractivity contribution >= 4 is 17.7 Å². The van der Waals surface area contributed by atoms with Crippen LogP contribution in [-0.4, -0.2) is 28.1 Å². The topological polar surface area (TPSA) is 49.3 Å². The van der Waals surface area contributed by atoms with Crippen molar-refractivity contribution in [1.82, 2.24) is 5.32 Å². The average molecular weight is 279 g/mol. The highest BCUT2D eigenvalue weighted by Gasteiger charge is 2.39. The number of amides is 1. The molecule has 19 heavy (non-hydrogen) atoms. The number of nitrogens with one attached hydrogen (secondary N) is 1. The molecule has 0 spiro atoms. The Balaban J connectivity index is 1.99. The Labute approximate surface area is 118 Å². The maximum absolute atomic E-state index is 12.1. The monoisotopic (exact) mass is 279 g/mol. The van der Waals surface area contributed by atoms with Gasteiger partial charge in [-0.3, -0.25) is 4.79 Å². The molecular formula is C15H21NO2S. The summed E-state index contributed by atoms with van der Waals surface area (Å²) in [5.41, 5.74) is 1.18. The van der Waals surface area contributed by atoms with E-state index in [9.17, 15) is 9.90 Å². The molecule has 1 amide bonds. The lowest BCUT2D eigenvalue weighted by atomic mass is 10.0. The van der Waals surface area contributed by atoms with Gasteiger partial charge in [-0.05, 0) is 36.6 Å². The zero-order valence-electron chi connectivity index (χ0n) is 11.5. The first-order valence-electron chi connectivity index (χ1n) is 6.75. The van der Waals surface area contributed by atoms with E-state index in [-0.39, 0.29) is 11.9 Å². The molecule has 2 N–H and O–H groups in total. The van der Waals surface area contributed by atoms with Crippen molar-refractivity contribution in [2.45, 2.75) is 38.3 Å². The summed E-state index contributed by atoms with van der Waals surface area (Å²) >= 11 is 1.63. The van der Waals surface area contributed by atoms with Crippen LogP contribution in [-0.2, 0) is 11.2 Å². The van der Waals surface area contributed by atoms with Crippen LogP contribution in [0.2, 0.25) is 0 Å². The molecule has 1 aliphatic heterocycles. The van der Waals surface area contributed by atoms with Crippen molar-refractivity contribution in [3.8, 4) is 0 Å². The highest BCUT2D eigenvalue weighted by Crippen LogP contribution is 2.28. The summed E-state index contributed by atoms with van der Waals surface area (Å²) in [5.74, 6) is 1.11. The third-order valence-electron chi connectivity index (χ3n) is 3.66. The molecule has 0 aromatic heterocycles. The summed E-state index contributed by atoms with van der Waals surface area (Å²) in [4.78, 5) is 12.1. The molecule has 3 nitrogen and oxygen atoms in total. The SMILES string of the molecule is CCc1ccc(C(C)NC(=O)C2(O)CCSC2)cc1. The Morgan fingerprint density at radius 2 is 2.16 bits per heavy atom. The third-order valence-corrected chi connectivity index (χ3v) is 4.83. The summed E-state index contributed by atoms with van der Waals surface area (Å²) in [7, 11) is 0. The number of hydrogen-bond donors (Lipinski definition) is 2. The summed E-state index contributed by atoms with van der Waals surface area (Å²) in [6.07, 6.45) is 1.56. The van der Waals surface area contributed by atoms with Gasteiger partial charge in [-0.2, -0.15) is 11.8 Å². The number of benzene rings is 1. The summed E-state index contributed by atoms with van der Waals surface area (Å²) in [6.45, 7) is 4.07. The number of carbonyl (C=O) groups excluding carboxylic acids is 1. The average Bonchev–Trinajstić information content (AvgIpc) is 2.87. The zero-order chi connectivity index (χ0) is 13.9. The second-order valence-electron chi connectivity index (χ2n) is 5.12. The lowest BCUT2D eigenvalue weighted by Gasteiger charge is -2.23. The standard InChI is InChI=1S/C15H21NO2S/c1-3-12-4-6-13(7-5-12)11(2)16-14(17)15(18)8-9-19-10-15/h4-7,11,18H,3,8-10H2,1-2H3,(H,16,17). The van der Waals surface area contributed by atoms with Gasteiger partial charge in [-0.15, -0.1) is 0 Å². The van der Waals surface area contributed by atoms with Crippen LogP contribution in [0, 0.1) is 0 Å². The van der Waals surface area contributed by atoms with Gasteiger partial charge in [0.2, 0.25) is 0 Å².